The number of ether oxygens (including phenoxy) is 1. The normalized spacial score (nSPS) is 16.5. The molecule has 2 heterocycles. The minimum atomic E-state index is -0.917. The number of benzene rings is 3. The molecule has 3 amide bonds. The molecule has 5 rings (SSSR count). The molecule has 38 heavy (non-hydrogen) atoms. The van der Waals surface area contributed by atoms with Crippen molar-refractivity contribution in [3.8, 4) is 0 Å². The highest BCUT2D eigenvalue weighted by Crippen LogP contribution is 2.35. The van der Waals surface area contributed by atoms with Crippen molar-refractivity contribution in [2.24, 2.45) is 0 Å². The molecule has 0 unspecified atom stereocenters. The van der Waals surface area contributed by atoms with Gasteiger partial charge >= 0.3 is 6.09 Å². The number of aromatic nitrogens is 1. The van der Waals surface area contributed by atoms with Gasteiger partial charge in [0.2, 0.25) is 5.91 Å². The first-order chi connectivity index (χ1) is 18.6. The van der Waals surface area contributed by atoms with Crippen LogP contribution in [0.1, 0.15) is 33.2 Å². The lowest BCUT2D eigenvalue weighted by Gasteiger charge is -2.24. The van der Waals surface area contributed by atoms with E-state index < -0.39 is 18.2 Å². The summed E-state index contributed by atoms with van der Waals surface area (Å²) in [5.41, 5.74) is 3.36. The first kappa shape index (κ1) is 24.7. The molecular weight excluding hydrogens is 480 g/mol. The van der Waals surface area contributed by atoms with Crippen LogP contribution in [0.2, 0.25) is 0 Å². The summed E-state index contributed by atoms with van der Waals surface area (Å²) in [7, 11) is 0. The van der Waals surface area contributed by atoms with E-state index in [-0.39, 0.29) is 24.9 Å². The van der Waals surface area contributed by atoms with Crippen molar-refractivity contribution in [3.63, 3.8) is 0 Å². The Morgan fingerprint density at radius 2 is 1.61 bits per heavy atom. The average molecular weight is 507 g/mol. The standard InChI is InChI=1S/C30H26N4O4/c35-28(23-12-5-2-6-13-23)33-25-15-7-14-24(17-25)27-26(29(36)32-19-22-11-8-16-31-18-22)34(30(37)38-27)20-21-9-3-1-4-10-21/h1-18,26-27H,19-20H2,(H,32,36)(H,33,35)/t26-,27+/m1/s1. The fourth-order valence-electron chi connectivity index (χ4n) is 4.37. The van der Waals surface area contributed by atoms with Crippen LogP contribution in [0.15, 0.2) is 109 Å². The molecule has 0 saturated carbocycles. The van der Waals surface area contributed by atoms with Gasteiger partial charge in [0.1, 0.15) is 0 Å². The van der Waals surface area contributed by atoms with E-state index in [1.165, 1.54) is 4.90 Å². The summed E-state index contributed by atoms with van der Waals surface area (Å²) in [6.45, 7) is 0.474. The quantitative estimate of drug-likeness (QED) is 0.360. The largest absolute Gasteiger partial charge is 0.438 e. The smallest absolute Gasteiger partial charge is 0.411 e. The molecule has 0 bridgehead atoms. The lowest BCUT2D eigenvalue weighted by Crippen LogP contribution is -2.46. The summed E-state index contributed by atoms with van der Waals surface area (Å²) >= 11 is 0. The van der Waals surface area contributed by atoms with E-state index in [2.05, 4.69) is 15.6 Å². The molecule has 1 aliphatic rings. The first-order valence-electron chi connectivity index (χ1n) is 12.2. The number of carbonyl (C=O) groups excluding carboxylic acids is 3. The first-order valence-corrected chi connectivity index (χ1v) is 12.2. The number of cyclic esters (lactones) is 1. The van der Waals surface area contributed by atoms with E-state index >= 15 is 0 Å². The van der Waals surface area contributed by atoms with Crippen LogP contribution in [0, 0.1) is 0 Å². The second-order valence-corrected chi connectivity index (χ2v) is 8.89. The highest BCUT2D eigenvalue weighted by Gasteiger charge is 2.47. The zero-order valence-electron chi connectivity index (χ0n) is 20.5. The van der Waals surface area contributed by atoms with E-state index in [0.29, 0.717) is 16.8 Å². The van der Waals surface area contributed by atoms with Crippen molar-refractivity contribution in [1.29, 1.82) is 0 Å². The lowest BCUT2D eigenvalue weighted by molar-refractivity contribution is -0.126. The highest BCUT2D eigenvalue weighted by atomic mass is 16.6. The summed E-state index contributed by atoms with van der Waals surface area (Å²) in [4.78, 5) is 44.8. The van der Waals surface area contributed by atoms with Crippen LogP contribution in [-0.2, 0) is 22.6 Å². The number of amides is 3. The second-order valence-electron chi connectivity index (χ2n) is 8.89. The maximum atomic E-state index is 13.5. The molecule has 2 N–H and O–H groups in total. The van der Waals surface area contributed by atoms with Crippen LogP contribution >= 0.6 is 0 Å². The molecule has 0 radical (unpaired) electrons. The van der Waals surface area contributed by atoms with Crippen LogP contribution in [-0.4, -0.2) is 33.8 Å². The van der Waals surface area contributed by atoms with Crippen LogP contribution < -0.4 is 10.6 Å². The average Bonchev–Trinajstić information content (AvgIpc) is 3.29. The molecule has 190 valence electrons. The SMILES string of the molecule is O=C(Nc1cccc([C@@H]2OC(=O)N(Cc3ccccc3)[C@H]2C(=O)NCc2cccnc2)c1)c1ccccc1. The molecule has 1 fully saturated rings. The van der Waals surface area contributed by atoms with Crippen molar-refractivity contribution in [2.75, 3.05) is 5.32 Å². The van der Waals surface area contributed by atoms with Gasteiger partial charge in [-0.25, -0.2) is 4.79 Å². The van der Waals surface area contributed by atoms with Crippen molar-refractivity contribution < 1.29 is 19.1 Å². The maximum Gasteiger partial charge on any atom is 0.411 e. The van der Waals surface area contributed by atoms with Crippen molar-refractivity contribution in [1.82, 2.24) is 15.2 Å². The van der Waals surface area contributed by atoms with Crippen LogP contribution in [0.5, 0.6) is 0 Å². The molecule has 8 heteroatoms. The molecule has 8 nitrogen and oxygen atoms in total. The zero-order valence-corrected chi connectivity index (χ0v) is 20.5. The molecule has 3 aromatic carbocycles. The topological polar surface area (TPSA) is 101 Å². The zero-order chi connectivity index (χ0) is 26.3. The fourth-order valence-corrected chi connectivity index (χ4v) is 4.37. The van der Waals surface area contributed by atoms with Crippen LogP contribution in [0.25, 0.3) is 0 Å². The van der Waals surface area contributed by atoms with Gasteiger partial charge in [-0.3, -0.25) is 19.5 Å². The maximum absolute atomic E-state index is 13.5. The number of pyridine rings is 1. The third-order valence-corrected chi connectivity index (χ3v) is 6.25. The Hall–Kier alpha value is -4.98. The minimum absolute atomic E-state index is 0.214. The van der Waals surface area contributed by atoms with Gasteiger partial charge in [-0.05, 0) is 47.0 Å². The summed E-state index contributed by atoms with van der Waals surface area (Å²) in [5.74, 6) is -0.609. The highest BCUT2D eigenvalue weighted by molar-refractivity contribution is 6.04. The molecule has 0 aliphatic carbocycles. The van der Waals surface area contributed by atoms with Crippen molar-refractivity contribution in [3.05, 3.63) is 132 Å². The molecule has 0 spiro atoms. The van der Waals surface area contributed by atoms with Gasteiger partial charge in [0.25, 0.3) is 5.91 Å². The summed E-state index contributed by atoms with van der Waals surface area (Å²) < 4.78 is 5.76. The summed E-state index contributed by atoms with van der Waals surface area (Å²) in [6, 6.07) is 28.1. The third kappa shape index (κ3) is 5.70. The Kier molecular flexibility index (Phi) is 7.40. The van der Waals surface area contributed by atoms with E-state index in [1.54, 1.807) is 67.0 Å². The summed E-state index contributed by atoms with van der Waals surface area (Å²) in [5, 5.41) is 5.80. The van der Waals surface area contributed by atoms with Gasteiger partial charge in [-0.2, -0.15) is 0 Å². The van der Waals surface area contributed by atoms with Gasteiger partial charge in [0, 0.05) is 30.2 Å². The predicted molar refractivity (Wildman–Crippen MR) is 142 cm³/mol. The van der Waals surface area contributed by atoms with Gasteiger partial charge in [0.15, 0.2) is 12.1 Å². The number of hydrogen-bond donors (Lipinski definition) is 2. The van der Waals surface area contributed by atoms with Crippen molar-refractivity contribution >= 4 is 23.6 Å². The van der Waals surface area contributed by atoms with E-state index in [4.69, 9.17) is 4.74 Å². The number of nitrogens with zero attached hydrogens (tertiary/aromatic N) is 2. The van der Waals surface area contributed by atoms with Gasteiger partial charge in [-0.15, -0.1) is 0 Å². The Labute approximate surface area is 220 Å². The minimum Gasteiger partial charge on any atom is -0.438 e. The number of carbonyl (C=O) groups is 3. The monoisotopic (exact) mass is 506 g/mol. The molecule has 2 atom stereocenters. The second kappa shape index (κ2) is 11.4. The van der Waals surface area contributed by atoms with E-state index in [9.17, 15) is 14.4 Å². The number of rotatable bonds is 8. The Morgan fingerprint density at radius 3 is 2.34 bits per heavy atom. The number of nitrogens with one attached hydrogen (secondary N) is 2. The Balaban J connectivity index is 1.40. The number of anilines is 1. The Bertz CT molecular complexity index is 1410. The molecule has 1 aliphatic heterocycles. The van der Waals surface area contributed by atoms with Gasteiger partial charge < -0.3 is 15.4 Å². The molecule has 1 saturated heterocycles. The molecule has 1 aromatic heterocycles. The lowest BCUT2D eigenvalue weighted by atomic mass is 10.00. The number of hydrogen-bond acceptors (Lipinski definition) is 5. The Morgan fingerprint density at radius 1 is 0.868 bits per heavy atom. The van der Waals surface area contributed by atoms with E-state index in [1.807, 2.05) is 42.5 Å². The van der Waals surface area contributed by atoms with Crippen LogP contribution in [0.3, 0.4) is 0 Å². The van der Waals surface area contributed by atoms with Gasteiger partial charge in [0.05, 0.1) is 6.54 Å². The summed E-state index contributed by atoms with van der Waals surface area (Å²) in [6.07, 6.45) is 1.89. The molecular formula is C30H26N4O4. The third-order valence-electron chi connectivity index (χ3n) is 6.25. The molecule has 4 aromatic rings. The fraction of sp³-hybridized carbons (Fsp3) is 0.133. The van der Waals surface area contributed by atoms with E-state index in [0.717, 1.165) is 11.1 Å². The van der Waals surface area contributed by atoms with Crippen LogP contribution in [0.4, 0.5) is 10.5 Å². The van der Waals surface area contributed by atoms with Crippen molar-refractivity contribution in [2.45, 2.75) is 25.2 Å². The predicted octanol–water partition coefficient (Wildman–Crippen LogP) is 4.71. The van der Waals surface area contributed by atoms with Gasteiger partial charge in [-0.1, -0.05) is 66.7 Å².